The lowest BCUT2D eigenvalue weighted by Gasteiger charge is -2.25. The lowest BCUT2D eigenvalue weighted by Crippen LogP contribution is -2.37. The molecule has 0 spiro atoms. The minimum absolute atomic E-state index is 0.0946. The Labute approximate surface area is 206 Å². The van der Waals surface area contributed by atoms with Crippen molar-refractivity contribution in [3.8, 4) is 11.5 Å². The van der Waals surface area contributed by atoms with Gasteiger partial charge in [0, 0.05) is 22.2 Å². The molecule has 0 unspecified atom stereocenters. The molecule has 0 heterocycles. The second-order valence-corrected chi connectivity index (χ2v) is 9.60. The largest absolute Gasteiger partial charge is 0.493 e. The van der Waals surface area contributed by atoms with Gasteiger partial charge in [0.25, 0.3) is 10.0 Å². The van der Waals surface area contributed by atoms with Crippen LogP contribution in [0.2, 0.25) is 10.0 Å². The number of carboxylic acids is 1. The highest BCUT2D eigenvalue weighted by molar-refractivity contribution is 7.92. The minimum Gasteiger partial charge on any atom is -0.493 e. The van der Waals surface area contributed by atoms with E-state index in [0.29, 0.717) is 4.31 Å². The fourth-order valence-electron chi connectivity index (χ4n) is 3.22. The van der Waals surface area contributed by atoms with E-state index in [1.165, 1.54) is 62.8 Å². The molecular weight excluding hydrogens is 505 g/mol. The fourth-order valence-corrected chi connectivity index (χ4v) is 5.05. The van der Waals surface area contributed by atoms with Crippen LogP contribution in [0.4, 0.5) is 5.69 Å². The predicted octanol–water partition coefficient (Wildman–Crippen LogP) is 4.52. The normalized spacial score (nSPS) is 11.1. The molecular formula is C23H19Cl2NO7S. The van der Waals surface area contributed by atoms with Gasteiger partial charge in [-0.2, -0.15) is 0 Å². The fraction of sp³-hybridized carbons (Fsp3) is 0.130. The maximum Gasteiger partial charge on any atom is 0.324 e. The molecule has 0 aliphatic rings. The Morgan fingerprint density at radius 1 is 0.912 bits per heavy atom. The molecule has 0 saturated heterocycles. The van der Waals surface area contributed by atoms with Crippen LogP contribution in [-0.4, -0.2) is 46.0 Å². The van der Waals surface area contributed by atoms with Gasteiger partial charge in [0.05, 0.1) is 29.8 Å². The molecule has 34 heavy (non-hydrogen) atoms. The quantitative estimate of drug-likeness (QED) is 0.410. The van der Waals surface area contributed by atoms with Crippen LogP contribution < -0.4 is 13.8 Å². The second-order valence-electron chi connectivity index (χ2n) is 6.89. The third kappa shape index (κ3) is 5.11. The van der Waals surface area contributed by atoms with E-state index in [0.717, 1.165) is 0 Å². The Morgan fingerprint density at radius 2 is 1.59 bits per heavy atom. The van der Waals surface area contributed by atoms with Crippen LogP contribution in [0.1, 0.15) is 15.9 Å². The van der Waals surface area contributed by atoms with Crippen LogP contribution in [0.25, 0.3) is 0 Å². The molecule has 0 aromatic heterocycles. The molecule has 3 aromatic carbocycles. The first kappa shape index (κ1) is 25.4. The van der Waals surface area contributed by atoms with Crippen LogP contribution in [0.15, 0.2) is 65.6 Å². The Morgan fingerprint density at radius 3 is 2.21 bits per heavy atom. The Kier molecular flexibility index (Phi) is 7.71. The number of benzene rings is 3. The van der Waals surface area contributed by atoms with Crippen LogP contribution in [-0.2, 0) is 14.8 Å². The summed E-state index contributed by atoms with van der Waals surface area (Å²) in [6.07, 6.45) is 0. The smallest absolute Gasteiger partial charge is 0.324 e. The van der Waals surface area contributed by atoms with Gasteiger partial charge in [-0.3, -0.25) is 13.9 Å². The maximum absolute atomic E-state index is 13.6. The molecule has 0 radical (unpaired) electrons. The van der Waals surface area contributed by atoms with Crippen molar-refractivity contribution in [1.82, 2.24) is 0 Å². The van der Waals surface area contributed by atoms with E-state index in [-0.39, 0.29) is 43.3 Å². The number of ketones is 1. The molecule has 1 N–H and O–H groups in total. The number of carboxylic acid groups (broad SMARTS) is 1. The highest BCUT2D eigenvalue weighted by Gasteiger charge is 2.32. The van der Waals surface area contributed by atoms with Gasteiger partial charge in [-0.25, -0.2) is 8.42 Å². The average Bonchev–Trinajstić information content (AvgIpc) is 2.81. The maximum atomic E-state index is 13.6. The molecule has 3 rings (SSSR count). The van der Waals surface area contributed by atoms with E-state index in [4.69, 9.17) is 32.7 Å². The number of anilines is 1. The van der Waals surface area contributed by atoms with Crippen molar-refractivity contribution in [2.75, 3.05) is 25.1 Å². The first-order valence-corrected chi connectivity index (χ1v) is 11.8. The zero-order valence-corrected chi connectivity index (χ0v) is 20.3. The molecule has 0 aliphatic heterocycles. The molecule has 0 aliphatic carbocycles. The van der Waals surface area contributed by atoms with Gasteiger partial charge in [0.15, 0.2) is 17.3 Å². The third-order valence-corrected chi connectivity index (χ3v) is 7.13. The number of aliphatic carboxylic acids is 1. The van der Waals surface area contributed by atoms with Crippen LogP contribution in [0, 0.1) is 0 Å². The molecule has 0 fully saturated rings. The summed E-state index contributed by atoms with van der Waals surface area (Å²) in [4.78, 5) is 24.7. The van der Waals surface area contributed by atoms with Crippen LogP contribution in [0.3, 0.4) is 0 Å². The van der Waals surface area contributed by atoms with Gasteiger partial charge in [-0.1, -0.05) is 35.3 Å². The number of carbonyl (C=O) groups is 2. The van der Waals surface area contributed by atoms with Gasteiger partial charge in [0.2, 0.25) is 0 Å². The van der Waals surface area contributed by atoms with Gasteiger partial charge in [-0.05, 0) is 42.5 Å². The van der Waals surface area contributed by atoms with Crippen molar-refractivity contribution >= 4 is 50.7 Å². The summed E-state index contributed by atoms with van der Waals surface area (Å²) in [6.45, 7) is -0.972. The summed E-state index contributed by atoms with van der Waals surface area (Å²) >= 11 is 12.3. The first-order valence-electron chi connectivity index (χ1n) is 9.65. The van der Waals surface area contributed by atoms with Gasteiger partial charge in [0.1, 0.15) is 6.54 Å². The van der Waals surface area contributed by atoms with Crippen molar-refractivity contribution in [3.05, 3.63) is 81.8 Å². The van der Waals surface area contributed by atoms with Crippen molar-refractivity contribution in [2.24, 2.45) is 0 Å². The minimum atomic E-state index is -4.50. The van der Waals surface area contributed by atoms with Gasteiger partial charge >= 0.3 is 5.97 Å². The SMILES string of the molecule is COc1ccc(S(=O)(=O)N(CC(=O)O)c2cc(Cl)ccc2C(=O)c2ccccc2Cl)cc1OC. The lowest BCUT2D eigenvalue weighted by atomic mass is 10.0. The lowest BCUT2D eigenvalue weighted by molar-refractivity contribution is -0.135. The van der Waals surface area contributed by atoms with E-state index in [2.05, 4.69) is 0 Å². The van der Waals surface area contributed by atoms with Crippen LogP contribution in [0.5, 0.6) is 11.5 Å². The molecule has 0 bridgehead atoms. The summed E-state index contributed by atoms with van der Waals surface area (Å²) in [6, 6.07) is 14.0. The van der Waals surface area contributed by atoms with Crippen molar-refractivity contribution in [1.29, 1.82) is 0 Å². The monoisotopic (exact) mass is 523 g/mol. The number of nitrogens with zero attached hydrogens (tertiary/aromatic N) is 1. The molecule has 0 atom stereocenters. The summed E-state index contributed by atoms with van der Waals surface area (Å²) in [5, 5.41) is 9.76. The summed E-state index contributed by atoms with van der Waals surface area (Å²) in [7, 11) is -1.77. The average molecular weight is 524 g/mol. The topological polar surface area (TPSA) is 110 Å². The molecule has 11 heteroatoms. The Balaban J connectivity index is 2.23. The van der Waals surface area contributed by atoms with E-state index in [1.807, 2.05) is 0 Å². The number of hydrogen-bond donors (Lipinski definition) is 1. The molecule has 178 valence electrons. The van der Waals surface area contributed by atoms with E-state index < -0.39 is 28.3 Å². The zero-order chi connectivity index (χ0) is 25.0. The summed E-state index contributed by atoms with van der Waals surface area (Å²) < 4.78 is 38.1. The molecule has 0 saturated carbocycles. The number of rotatable bonds is 9. The standard InChI is InChI=1S/C23H19Cl2NO7S/c1-32-20-10-8-15(12-21(20)33-2)34(30,31)26(13-22(27)28)19-11-14(24)7-9-17(19)23(29)16-5-3-4-6-18(16)25/h3-12H,13H2,1-2H3,(H,27,28). The summed E-state index contributed by atoms with van der Waals surface area (Å²) in [5.41, 5.74) is -0.191. The predicted molar refractivity (Wildman–Crippen MR) is 128 cm³/mol. The number of methoxy groups -OCH3 is 2. The van der Waals surface area contributed by atoms with Gasteiger partial charge < -0.3 is 14.6 Å². The van der Waals surface area contributed by atoms with E-state index in [9.17, 15) is 23.1 Å². The van der Waals surface area contributed by atoms with Crippen molar-refractivity contribution in [2.45, 2.75) is 4.90 Å². The first-order chi connectivity index (χ1) is 16.1. The number of hydrogen-bond acceptors (Lipinski definition) is 6. The molecule has 3 aromatic rings. The molecule has 0 amide bonds. The highest BCUT2D eigenvalue weighted by Crippen LogP contribution is 2.35. The number of halogens is 2. The van der Waals surface area contributed by atoms with Crippen LogP contribution >= 0.6 is 23.2 Å². The number of ether oxygens (including phenoxy) is 2. The highest BCUT2D eigenvalue weighted by atomic mass is 35.5. The van der Waals surface area contributed by atoms with E-state index in [1.54, 1.807) is 12.1 Å². The van der Waals surface area contributed by atoms with Gasteiger partial charge in [-0.15, -0.1) is 0 Å². The molecule has 8 nitrogen and oxygen atoms in total. The number of sulfonamides is 1. The number of carbonyl (C=O) groups excluding carboxylic acids is 1. The Bertz CT molecular complexity index is 1360. The Hall–Kier alpha value is -3.27. The van der Waals surface area contributed by atoms with E-state index >= 15 is 0 Å². The van der Waals surface area contributed by atoms with Crippen molar-refractivity contribution < 1.29 is 32.6 Å². The summed E-state index contributed by atoms with van der Waals surface area (Å²) in [5.74, 6) is -1.64. The van der Waals surface area contributed by atoms with Crippen molar-refractivity contribution in [3.63, 3.8) is 0 Å². The second kappa shape index (κ2) is 10.3. The zero-order valence-electron chi connectivity index (χ0n) is 18.0. The third-order valence-electron chi connectivity index (χ3n) is 4.81.